The summed E-state index contributed by atoms with van der Waals surface area (Å²) in [6.07, 6.45) is 0.421. The van der Waals surface area contributed by atoms with Gasteiger partial charge in [0.2, 0.25) is 0 Å². The molecular formula is C30H26O2S. The smallest absolute Gasteiger partial charge is 0.173 e. The van der Waals surface area contributed by atoms with Gasteiger partial charge < -0.3 is 0 Å². The average molecular weight is 451 g/mol. The summed E-state index contributed by atoms with van der Waals surface area (Å²) >= 11 is 1.72. The fraction of sp³-hybridized carbons (Fsp3) is 0.133. The van der Waals surface area contributed by atoms with Gasteiger partial charge in [-0.1, -0.05) is 109 Å². The Kier molecular flexibility index (Phi) is 7.54. The fourth-order valence-corrected chi connectivity index (χ4v) is 5.22. The standard InChI is InChI=1S/C30H26O2S/c1-22-13-11-12-20-27(22)33-28(23-14-5-2-6-15-23)21-26(29(31)24-16-7-3-8-17-24)30(32)25-18-9-4-10-19-25/h2-20,26,28H,21H2,1H3. The van der Waals surface area contributed by atoms with Crippen molar-refractivity contribution in [2.45, 2.75) is 23.5 Å². The summed E-state index contributed by atoms with van der Waals surface area (Å²) in [6, 6.07) is 36.7. The molecule has 0 saturated heterocycles. The first-order valence-electron chi connectivity index (χ1n) is 11.1. The monoisotopic (exact) mass is 450 g/mol. The highest BCUT2D eigenvalue weighted by molar-refractivity contribution is 7.99. The Labute approximate surface area is 199 Å². The van der Waals surface area contributed by atoms with Gasteiger partial charge in [0.15, 0.2) is 11.6 Å². The van der Waals surface area contributed by atoms with Crippen molar-refractivity contribution in [3.8, 4) is 0 Å². The molecule has 0 aliphatic rings. The zero-order chi connectivity index (χ0) is 23.0. The number of aryl methyl sites for hydroxylation is 1. The minimum Gasteiger partial charge on any atom is -0.293 e. The summed E-state index contributed by atoms with van der Waals surface area (Å²) in [5, 5.41) is -0.0439. The van der Waals surface area contributed by atoms with Gasteiger partial charge >= 0.3 is 0 Å². The van der Waals surface area contributed by atoms with Gasteiger partial charge in [0, 0.05) is 21.3 Å². The molecule has 0 amide bonds. The van der Waals surface area contributed by atoms with E-state index in [-0.39, 0.29) is 16.8 Å². The van der Waals surface area contributed by atoms with E-state index in [2.05, 4.69) is 31.2 Å². The van der Waals surface area contributed by atoms with E-state index >= 15 is 0 Å². The molecular weight excluding hydrogens is 424 g/mol. The molecule has 164 valence electrons. The Bertz CT molecular complexity index is 1150. The third kappa shape index (κ3) is 5.68. The van der Waals surface area contributed by atoms with Crippen LogP contribution in [0.25, 0.3) is 0 Å². The van der Waals surface area contributed by atoms with Crippen molar-refractivity contribution < 1.29 is 9.59 Å². The van der Waals surface area contributed by atoms with Crippen LogP contribution in [0.3, 0.4) is 0 Å². The van der Waals surface area contributed by atoms with Crippen molar-refractivity contribution in [1.29, 1.82) is 0 Å². The van der Waals surface area contributed by atoms with E-state index in [1.807, 2.05) is 66.7 Å². The number of carbonyl (C=O) groups is 2. The zero-order valence-corrected chi connectivity index (χ0v) is 19.4. The number of hydrogen-bond acceptors (Lipinski definition) is 3. The number of rotatable bonds is 9. The van der Waals surface area contributed by atoms with Gasteiger partial charge in [0.1, 0.15) is 0 Å². The molecule has 0 aliphatic heterocycles. The van der Waals surface area contributed by atoms with E-state index in [0.29, 0.717) is 17.5 Å². The van der Waals surface area contributed by atoms with Crippen LogP contribution in [0, 0.1) is 12.8 Å². The summed E-state index contributed by atoms with van der Waals surface area (Å²) in [6.45, 7) is 2.09. The minimum atomic E-state index is -0.767. The lowest BCUT2D eigenvalue weighted by Gasteiger charge is -2.23. The maximum atomic E-state index is 13.6. The summed E-state index contributed by atoms with van der Waals surface area (Å²) < 4.78 is 0. The van der Waals surface area contributed by atoms with E-state index in [9.17, 15) is 9.59 Å². The molecule has 0 radical (unpaired) electrons. The van der Waals surface area contributed by atoms with Gasteiger partial charge in [0.05, 0.1) is 5.92 Å². The SMILES string of the molecule is Cc1ccccc1SC(CC(C(=O)c1ccccc1)C(=O)c1ccccc1)c1ccccc1. The largest absolute Gasteiger partial charge is 0.293 e. The van der Waals surface area contributed by atoms with E-state index < -0.39 is 5.92 Å². The van der Waals surface area contributed by atoms with E-state index in [1.54, 1.807) is 36.0 Å². The Balaban J connectivity index is 1.72. The molecule has 0 saturated carbocycles. The molecule has 33 heavy (non-hydrogen) atoms. The molecule has 4 rings (SSSR count). The quantitative estimate of drug-likeness (QED) is 0.150. The third-order valence-corrected chi connectivity index (χ3v) is 7.19. The maximum Gasteiger partial charge on any atom is 0.173 e. The number of thioether (sulfide) groups is 1. The maximum absolute atomic E-state index is 13.6. The highest BCUT2D eigenvalue weighted by Crippen LogP contribution is 2.42. The lowest BCUT2D eigenvalue weighted by molar-refractivity contribution is 0.0799. The second-order valence-electron chi connectivity index (χ2n) is 8.03. The molecule has 2 nitrogen and oxygen atoms in total. The van der Waals surface area contributed by atoms with Gasteiger partial charge in [-0.3, -0.25) is 9.59 Å². The third-order valence-electron chi connectivity index (χ3n) is 5.73. The molecule has 1 atom stereocenters. The molecule has 4 aromatic carbocycles. The van der Waals surface area contributed by atoms with E-state index in [1.165, 1.54) is 5.56 Å². The van der Waals surface area contributed by atoms with Gasteiger partial charge in [-0.2, -0.15) is 0 Å². The Morgan fingerprint density at radius 1 is 0.636 bits per heavy atom. The highest BCUT2D eigenvalue weighted by atomic mass is 32.2. The van der Waals surface area contributed by atoms with Crippen molar-refractivity contribution in [3.05, 3.63) is 138 Å². The van der Waals surface area contributed by atoms with Crippen molar-refractivity contribution >= 4 is 23.3 Å². The Hall–Kier alpha value is -3.43. The lowest BCUT2D eigenvalue weighted by Crippen LogP contribution is -2.26. The van der Waals surface area contributed by atoms with Crippen LogP contribution in [0.15, 0.2) is 120 Å². The molecule has 0 heterocycles. The minimum absolute atomic E-state index is 0.0439. The fourth-order valence-electron chi connectivity index (χ4n) is 3.92. The first kappa shape index (κ1) is 22.8. The number of Topliss-reactive ketones (excluding diaryl/α,β-unsaturated/α-hetero) is 2. The van der Waals surface area contributed by atoms with Crippen molar-refractivity contribution in [2.24, 2.45) is 5.92 Å². The van der Waals surface area contributed by atoms with Gasteiger partial charge in [0.25, 0.3) is 0 Å². The first-order chi connectivity index (χ1) is 16.1. The highest BCUT2D eigenvalue weighted by Gasteiger charge is 2.32. The molecule has 0 spiro atoms. The molecule has 1 unspecified atom stereocenters. The number of carbonyl (C=O) groups excluding carboxylic acids is 2. The molecule has 0 aliphatic carbocycles. The van der Waals surface area contributed by atoms with Crippen LogP contribution in [-0.4, -0.2) is 11.6 Å². The molecule has 4 aromatic rings. The second kappa shape index (κ2) is 10.9. The Morgan fingerprint density at radius 2 is 1.09 bits per heavy atom. The lowest BCUT2D eigenvalue weighted by atomic mass is 9.85. The van der Waals surface area contributed by atoms with E-state index in [4.69, 9.17) is 0 Å². The average Bonchev–Trinajstić information content (AvgIpc) is 2.88. The van der Waals surface area contributed by atoms with Crippen LogP contribution in [0.1, 0.15) is 43.5 Å². The first-order valence-corrected chi connectivity index (χ1v) is 12.0. The summed E-state index contributed by atoms with van der Waals surface area (Å²) in [5.74, 6) is -1.02. The van der Waals surface area contributed by atoms with Crippen molar-refractivity contribution in [3.63, 3.8) is 0 Å². The second-order valence-corrected chi connectivity index (χ2v) is 9.28. The molecule has 3 heteroatoms. The molecule has 0 bridgehead atoms. The summed E-state index contributed by atoms with van der Waals surface area (Å²) in [7, 11) is 0. The number of ketones is 2. The van der Waals surface area contributed by atoms with Crippen LogP contribution in [0.2, 0.25) is 0 Å². The predicted molar refractivity (Wildman–Crippen MR) is 136 cm³/mol. The van der Waals surface area contributed by atoms with Crippen LogP contribution in [0.4, 0.5) is 0 Å². The van der Waals surface area contributed by atoms with Crippen LogP contribution in [0.5, 0.6) is 0 Å². The van der Waals surface area contributed by atoms with Crippen LogP contribution in [-0.2, 0) is 0 Å². The number of hydrogen-bond donors (Lipinski definition) is 0. The van der Waals surface area contributed by atoms with Crippen LogP contribution < -0.4 is 0 Å². The molecule has 0 aromatic heterocycles. The Morgan fingerprint density at radius 3 is 1.61 bits per heavy atom. The van der Waals surface area contributed by atoms with Crippen LogP contribution >= 0.6 is 11.8 Å². The number of benzene rings is 4. The molecule has 0 N–H and O–H groups in total. The van der Waals surface area contributed by atoms with Gasteiger partial charge in [-0.05, 0) is 30.5 Å². The van der Waals surface area contributed by atoms with Gasteiger partial charge in [-0.15, -0.1) is 11.8 Å². The predicted octanol–water partition coefficient (Wildman–Crippen LogP) is 7.60. The zero-order valence-electron chi connectivity index (χ0n) is 18.6. The summed E-state index contributed by atoms with van der Waals surface area (Å²) in [5.41, 5.74) is 3.43. The van der Waals surface area contributed by atoms with E-state index in [0.717, 1.165) is 10.5 Å². The van der Waals surface area contributed by atoms with Crippen molar-refractivity contribution in [1.82, 2.24) is 0 Å². The van der Waals surface area contributed by atoms with Gasteiger partial charge in [-0.25, -0.2) is 0 Å². The normalized spacial score (nSPS) is 11.8. The molecule has 0 fully saturated rings. The van der Waals surface area contributed by atoms with Crippen molar-refractivity contribution in [2.75, 3.05) is 0 Å². The summed E-state index contributed by atoms with van der Waals surface area (Å²) in [4.78, 5) is 28.4. The topological polar surface area (TPSA) is 34.1 Å².